The second kappa shape index (κ2) is 13.8. The average Bonchev–Trinajstić information content (AvgIpc) is 3.13. The number of benzene rings is 3. The number of rotatable bonds is 7. The van der Waals surface area contributed by atoms with Crippen LogP contribution in [-0.2, 0) is 7.05 Å². The van der Waals surface area contributed by atoms with Gasteiger partial charge in [-0.2, -0.15) is 5.26 Å². The van der Waals surface area contributed by atoms with Gasteiger partial charge >= 0.3 is 0 Å². The third-order valence-electron chi connectivity index (χ3n) is 11.3. The minimum atomic E-state index is -0.564. The van der Waals surface area contributed by atoms with E-state index in [4.69, 9.17) is 0 Å². The Kier molecular flexibility index (Phi) is 9.23. The van der Waals surface area contributed by atoms with Crippen LogP contribution in [0.25, 0.3) is 10.9 Å². The van der Waals surface area contributed by atoms with E-state index in [2.05, 4.69) is 39.9 Å². The monoisotopic (exact) mass is 677 g/mol. The molecule has 4 heterocycles. The van der Waals surface area contributed by atoms with Gasteiger partial charge in [0.2, 0.25) is 0 Å². The van der Waals surface area contributed by atoms with Crippen LogP contribution in [0.2, 0.25) is 0 Å². The molecule has 4 aromatic rings. The summed E-state index contributed by atoms with van der Waals surface area (Å²) in [6.07, 6.45) is 5.16. The summed E-state index contributed by atoms with van der Waals surface area (Å²) in [5.41, 5.74) is 6.98. The minimum absolute atomic E-state index is 0.0182. The number of nitriles is 1. The molecule has 3 aromatic carbocycles. The SMILES string of the molecule is Cc1cc2c(N3CCN(C)c4ccc(C#N)cc43)cc(C3CCN(CCC4CCN(c5ccc([N+](=O)[O-])cc5F)CC4)CC3)cc2n(C)c1=O. The quantitative estimate of drug-likeness (QED) is 0.155. The zero-order chi connectivity index (χ0) is 35.1. The summed E-state index contributed by atoms with van der Waals surface area (Å²) in [4.78, 5) is 32.7. The molecule has 0 bridgehead atoms. The Hall–Kier alpha value is -4.95. The maximum absolute atomic E-state index is 14.6. The third kappa shape index (κ3) is 6.40. The van der Waals surface area contributed by atoms with Crippen LogP contribution in [0.15, 0.2) is 59.4 Å². The number of fused-ring (bicyclic) bond motifs is 2. The predicted octanol–water partition coefficient (Wildman–Crippen LogP) is 6.84. The highest BCUT2D eigenvalue weighted by Crippen LogP contribution is 2.43. The maximum atomic E-state index is 14.6. The van der Waals surface area contributed by atoms with Crippen molar-refractivity contribution in [2.45, 2.75) is 44.9 Å². The Balaban J connectivity index is 1.04. The molecule has 260 valence electrons. The number of piperidine rings is 2. The number of aromatic nitrogens is 1. The van der Waals surface area contributed by atoms with E-state index in [0.29, 0.717) is 28.7 Å². The van der Waals surface area contributed by atoms with Crippen LogP contribution in [0.4, 0.5) is 32.8 Å². The highest BCUT2D eigenvalue weighted by atomic mass is 19.1. The first-order chi connectivity index (χ1) is 24.1. The Labute approximate surface area is 292 Å². The third-order valence-corrected chi connectivity index (χ3v) is 11.3. The number of nitrogens with zero attached hydrogens (tertiary/aromatic N) is 7. The molecule has 0 aliphatic carbocycles. The molecule has 0 amide bonds. The second-order valence-electron chi connectivity index (χ2n) is 14.3. The predicted molar refractivity (Wildman–Crippen MR) is 196 cm³/mol. The molecular weight excluding hydrogens is 633 g/mol. The molecule has 0 radical (unpaired) electrons. The van der Waals surface area contributed by atoms with E-state index in [0.717, 1.165) is 112 Å². The zero-order valence-corrected chi connectivity index (χ0v) is 29.1. The van der Waals surface area contributed by atoms with Gasteiger partial charge < -0.3 is 24.2 Å². The topological polar surface area (TPSA) is 102 Å². The normalized spacial score (nSPS) is 17.6. The van der Waals surface area contributed by atoms with E-state index < -0.39 is 10.7 Å². The van der Waals surface area contributed by atoms with Gasteiger partial charge in [-0.25, -0.2) is 4.39 Å². The van der Waals surface area contributed by atoms with Crippen molar-refractivity contribution in [3.63, 3.8) is 0 Å². The Morgan fingerprint density at radius 3 is 2.32 bits per heavy atom. The lowest BCUT2D eigenvalue weighted by molar-refractivity contribution is -0.385. The molecule has 1 aromatic heterocycles. The molecule has 11 heteroatoms. The zero-order valence-electron chi connectivity index (χ0n) is 29.1. The van der Waals surface area contributed by atoms with Gasteiger partial charge in [-0.1, -0.05) is 0 Å². The highest BCUT2D eigenvalue weighted by molar-refractivity contribution is 5.97. The minimum Gasteiger partial charge on any atom is -0.371 e. The van der Waals surface area contributed by atoms with Gasteiger partial charge in [-0.15, -0.1) is 0 Å². The lowest BCUT2D eigenvalue weighted by Crippen LogP contribution is -2.38. The van der Waals surface area contributed by atoms with Crippen LogP contribution >= 0.6 is 0 Å². The number of likely N-dealkylation sites (tertiary alicyclic amines) is 1. The number of aryl methyl sites for hydroxylation is 2. The van der Waals surface area contributed by atoms with E-state index in [1.54, 1.807) is 4.57 Å². The van der Waals surface area contributed by atoms with Gasteiger partial charge in [0.25, 0.3) is 11.2 Å². The molecule has 3 aliphatic heterocycles. The molecule has 3 aliphatic rings. The number of halogens is 1. The van der Waals surface area contributed by atoms with E-state index >= 15 is 0 Å². The summed E-state index contributed by atoms with van der Waals surface area (Å²) < 4.78 is 16.4. The Morgan fingerprint density at radius 2 is 1.62 bits per heavy atom. The number of nitro groups is 1. The summed E-state index contributed by atoms with van der Waals surface area (Å²) in [6, 6.07) is 18.7. The van der Waals surface area contributed by atoms with Gasteiger partial charge in [0, 0.05) is 57.3 Å². The number of anilines is 4. The van der Waals surface area contributed by atoms with Crippen molar-refractivity contribution in [3.8, 4) is 6.07 Å². The van der Waals surface area contributed by atoms with Crippen LogP contribution in [0.3, 0.4) is 0 Å². The first-order valence-electron chi connectivity index (χ1n) is 17.7. The van der Waals surface area contributed by atoms with Crippen LogP contribution in [0.1, 0.15) is 54.7 Å². The smallest absolute Gasteiger partial charge is 0.272 e. The lowest BCUT2D eigenvalue weighted by atomic mass is 9.87. The van der Waals surface area contributed by atoms with Crippen molar-refractivity contribution >= 4 is 39.3 Å². The van der Waals surface area contributed by atoms with Gasteiger partial charge in [-0.3, -0.25) is 14.9 Å². The van der Waals surface area contributed by atoms with E-state index in [9.17, 15) is 24.6 Å². The molecule has 7 rings (SSSR count). The molecule has 2 saturated heterocycles. The number of pyridine rings is 1. The van der Waals surface area contributed by atoms with Crippen LogP contribution in [0, 0.1) is 40.1 Å². The summed E-state index contributed by atoms with van der Waals surface area (Å²) in [5.74, 6) is 0.423. The Bertz CT molecular complexity index is 2040. The number of hydrogen-bond acceptors (Lipinski definition) is 8. The molecule has 50 heavy (non-hydrogen) atoms. The van der Waals surface area contributed by atoms with Crippen molar-refractivity contribution in [2.24, 2.45) is 13.0 Å². The standard InChI is InChI=1S/C39H44FN7O3/c1-26-20-32-36(43(3)39(26)48)22-30(23-37(32)46-19-18-42(2)35-6-4-28(25-41)21-38(35)46)29-11-14-44(15-12-29)13-8-27-9-16-45(17-10-27)34-7-5-31(47(49)50)24-33(34)40/h4-7,20-24,27,29H,8-19H2,1-3H3. The highest BCUT2D eigenvalue weighted by Gasteiger charge is 2.28. The maximum Gasteiger partial charge on any atom is 0.272 e. The molecule has 0 unspecified atom stereocenters. The fourth-order valence-electron chi connectivity index (χ4n) is 8.24. The molecule has 0 N–H and O–H groups in total. The molecule has 0 saturated carbocycles. The van der Waals surface area contributed by atoms with E-state index in [1.165, 1.54) is 17.7 Å². The Morgan fingerprint density at radius 1 is 0.880 bits per heavy atom. The number of likely N-dealkylation sites (N-methyl/N-ethyl adjacent to an activating group) is 1. The summed E-state index contributed by atoms with van der Waals surface area (Å²) in [5, 5.41) is 21.8. The van der Waals surface area contributed by atoms with Crippen LogP contribution in [0.5, 0.6) is 0 Å². The van der Waals surface area contributed by atoms with Gasteiger partial charge in [0.1, 0.15) is 0 Å². The van der Waals surface area contributed by atoms with Crippen molar-refractivity contribution in [2.75, 3.05) is 67.6 Å². The first-order valence-corrected chi connectivity index (χ1v) is 17.7. The number of hydrogen-bond donors (Lipinski definition) is 0. The fraction of sp³-hybridized carbons (Fsp3) is 0.436. The van der Waals surface area contributed by atoms with Crippen molar-refractivity contribution < 1.29 is 9.31 Å². The number of non-ortho nitro benzene ring substituents is 1. The molecule has 0 atom stereocenters. The van der Waals surface area contributed by atoms with Crippen LogP contribution in [-0.4, -0.2) is 67.3 Å². The lowest BCUT2D eigenvalue weighted by Gasteiger charge is -2.39. The fourth-order valence-corrected chi connectivity index (χ4v) is 8.24. The van der Waals surface area contributed by atoms with Gasteiger partial charge in [-0.05, 0) is 119 Å². The molecule has 2 fully saturated rings. The molecular formula is C39H44FN7O3. The van der Waals surface area contributed by atoms with Gasteiger partial charge in [0.15, 0.2) is 5.82 Å². The average molecular weight is 678 g/mol. The van der Waals surface area contributed by atoms with E-state index in [1.807, 2.05) is 43.1 Å². The summed E-state index contributed by atoms with van der Waals surface area (Å²) in [6.45, 7) is 8.08. The van der Waals surface area contributed by atoms with Crippen molar-refractivity contribution in [1.29, 1.82) is 5.26 Å². The first kappa shape index (κ1) is 33.5. The van der Waals surface area contributed by atoms with Crippen molar-refractivity contribution in [1.82, 2.24) is 9.47 Å². The largest absolute Gasteiger partial charge is 0.371 e. The summed E-state index contributed by atoms with van der Waals surface area (Å²) in [7, 11) is 3.96. The molecule has 0 spiro atoms. The summed E-state index contributed by atoms with van der Waals surface area (Å²) >= 11 is 0. The van der Waals surface area contributed by atoms with Crippen LogP contribution < -0.4 is 20.3 Å². The molecule has 10 nitrogen and oxygen atoms in total. The second-order valence-corrected chi connectivity index (χ2v) is 14.3. The van der Waals surface area contributed by atoms with Crippen molar-refractivity contribution in [3.05, 3.63) is 97.6 Å². The van der Waals surface area contributed by atoms with E-state index in [-0.39, 0.29) is 11.2 Å². The number of nitro benzene ring substituents is 1. The van der Waals surface area contributed by atoms with Gasteiger partial charge in [0.05, 0.1) is 50.9 Å².